The maximum Gasteiger partial charge on any atom is 0.249 e. The average molecular weight is 1280 g/mol. The first-order valence-corrected chi connectivity index (χ1v) is 39.4. The molecule has 0 aliphatic carbocycles. The smallest absolute Gasteiger partial charge is 0.249 e. The van der Waals surface area contributed by atoms with E-state index in [0.29, 0.717) is 19.3 Å². The number of hydrogen-bond donors (Lipinski definition) is 8. The van der Waals surface area contributed by atoms with Crippen molar-refractivity contribution in [3.63, 3.8) is 0 Å². The zero-order valence-corrected chi connectivity index (χ0v) is 59.1. The fraction of sp³-hybridized carbons (Fsp3) is 0.911. The predicted octanol–water partition coefficient (Wildman–Crippen LogP) is 20.1. The summed E-state index contributed by atoms with van der Waals surface area (Å²) in [6.45, 7) is 3.50. The monoisotopic (exact) mass is 1270 g/mol. The van der Waals surface area contributed by atoms with Gasteiger partial charge < -0.3 is 50.5 Å². The molecule has 532 valence electrons. The van der Waals surface area contributed by atoms with Crippen LogP contribution < -0.4 is 5.32 Å². The van der Waals surface area contributed by atoms with Crippen LogP contribution in [0.15, 0.2) is 36.5 Å². The summed E-state index contributed by atoms with van der Waals surface area (Å²) in [4.78, 5) is 13.3. The lowest BCUT2D eigenvalue weighted by atomic mass is 9.98. The number of amides is 1. The molecule has 11 heteroatoms. The predicted molar refractivity (Wildman–Crippen MR) is 381 cm³/mol. The van der Waals surface area contributed by atoms with Crippen molar-refractivity contribution in [1.29, 1.82) is 0 Å². The van der Waals surface area contributed by atoms with Crippen LogP contribution in [0.1, 0.15) is 393 Å². The Balaban J connectivity index is 2.14. The number of ether oxygens (including phenoxy) is 2. The van der Waals surface area contributed by atoms with Gasteiger partial charge in [-0.2, -0.15) is 0 Å². The Kier molecular flexibility index (Phi) is 64.6. The fourth-order valence-corrected chi connectivity index (χ4v) is 12.9. The van der Waals surface area contributed by atoms with E-state index >= 15 is 0 Å². The number of rotatable bonds is 70. The van der Waals surface area contributed by atoms with Gasteiger partial charge in [-0.15, -0.1) is 0 Å². The largest absolute Gasteiger partial charge is 0.394 e. The molecule has 0 radical (unpaired) electrons. The van der Waals surface area contributed by atoms with Crippen LogP contribution in [0.3, 0.4) is 0 Å². The molecule has 0 aromatic rings. The molecule has 1 saturated heterocycles. The topological polar surface area (TPSA) is 189 Å². The molecule has 9 unspecified atom stereocenters. The Hall–Kier alpha value is -1.67. The molecule has 0 aromatic heterocycles. The summed E-state index contributed by atoms with van der Waals surface area (Å²) in [5.41, 5.74) is 0. The molecule has 90 heavy (non-hydrogen) atoms. The van der Waals surface area contributed by atoms with Crippen LogP contribution in [0, 0.1) is 0 Å². The molecule has 1 heterocycles. The van der Waals surface area contributed by atoms with Gasteiger partial charge in [0.25, 0.3) is 0 Å². The average Bonchev–Trinajstić information content (AvgIpc) is 1.28. The third kappa shape index (κ3) is 53.6. The van der Waals surface area contributed by atoms with Gasteiger partial charge in [0.2, 0.25) is 5.91 Å². The zero-order chi connectivity index (χ0) is 65.3. The molecular weight excluding hydrogens is 1120 g/mol. The lowest BCUT2D eigenvalue weighted by molar-refractivity contribution is -0.303. The molecule has 8 N–H and O–H groups in total. The molecule has 1 aliphatic rings. The summed E-state index contributed by atoms with van der Waals surface area (Å²) >= 11 is 0. The van der Waals surface area contributed by atoms with E-state index in [1.807, 2.05) is 0 Å². The molecule has 0 bridgehead atoms. The van der Waals surface area contributed by atoms with Gasteiger partial charge in [-0.3, -0.25) is 4.79 Å². The minimum absolute atomic E-state index is 0.248. The van der Waals surface area contributed by atoms with Crippen molar-refractivity contribution in [1.82, 2.24) is 5.32 Å². The molecule has 1 fully saturated rings. The van der Waals surface area contributed by atoms with E-state index in [0.717, 1.165) is 38.5 Å². The summed E-state index contributed by atoms with van der Waals surface area (Å²) in [5, 5.41) is 76.6. The van der Waals surface area contributed by atoms with Crippen molar-refractivity contribution < 1.29 is 50.0 Å². The van der Waals surface area contributed by atoms with E-state index in [1.54, 1.807) is 0 Å². The highest BCUT2D eigenvalue weighted by Crippen LogP contribution is 2.24. The van der Waals surface area contributed by atoms with Crippen LogP contribution in [-0.4, -0.2) is 110 Å². The lowest BCUT2D eigenvalue weighted by Crippen LogP contribution is -2.60. The zero-order valence-electron chi connectivity index (χ0n) is 59.1. The van der Waals surface area contributed by atoms with Crippen LogP contribution in [0.4, 0.5) is 0 Å². The number of carbonyl (C=O) groups is 1. The summed E-state index contributed by atoms with van der Waals surface area (Å²) < 4.78 is 11.2. The number of aliphatic hydroxyl groups excluding tert-OH is 7. The second kappa shape index (κ2) is 67.3. The molecule has 9 atom stereocenters. The van der Waals surface area contributed by atoms with Crippen molar-refractivity contribution in [2.24, 2.45) is 0 Å². The second-order valence-electron chi connectivity index (χ2n) is 27.8. The second-order valence-corrected chi connectivity index (χ2v) is 27.8. The molecule has 1 amide bonds. The van der Waals surface area contributed by atoms with Gasteiger partial charge >= 0.3 is 0 Å². The van der Waals surface area contributed by atoms with Gasteiger partial charge in [0.1, 0.15) is 36.6 Å². The number of carbonyl (C=O) groups excluding carboxylic acids is 1. The van der Waals surface area contributed by atoms with E-state index in [4.69, 9.17) is 9.47 Å². The first kappa shape index (κ1) is 86.3. The third-order valence-corrected chi connectivity index (χ3v) is 19.1. The summed E-state index contributed by atoms with van der Waals surface area (Å²) in [6, 6.07) is -1.19. The van der Waals surface area contributed by atoms with Crippen LogP contribution >= 0.6 is 0 Å². The van der Waals surface area contributed by atoms with Gasteiger partial charge in [0, 0.05) is 0 Å². The van der Waals surface area contributed by atoms with Gasteiger partial charge in [0.15, 0.2) is 6.29 Å². The SMILES string of the molecule is CCCCCCCCCCCCCCCCCC/C=C/CC/C=C/CCCC(O)C(O)C(COC1OC(CO)C(O)C(O)C1O)NC(=O)C(O)CCCCCCCCCCCCCCCCCC/C=C\CCCCCCCCCCCCCCCCCCCC. The molecule has 1 aliphatic heterocycles. The van der Waals surface area contributed by atoms with Crippen molar-refractivity contribution in [3.8, 4) is 0 Å². The van der Waals surface area contributed by atoms with E-state index < -0.39 is 74.2 Å². The highest BCUT2D eigenvalue weighted by molar-refractivity contribution is 5.80. The van der Waals surface area contributed by atoms with Crippen LogP contribution in [0.25, 0.3) is 0 Å². The van der Waals surface area contributed by atoms with Crippen molar-refractivity contribution >= 4 is 5.91 Å². The number of allylic oxidation sites excluding steroid dienone is 6. The van der Waals surface area contributed by atoms with Crippen LogP contribution in [-0.2, 0) is 14.3 Å². The van der Waals surface area contributed by atoms with Crippen LogP contribution in [0.5, 0.6) is 0 Å². The van der Waals surface area contributed by atoms with E-state index in [1.165, 1.54) is 308 Å². The third-order valence-electron chi connectivity index (χ3n) is 19.1. The molecule has 0 aromatic carbocycles. The highest BCUT2D eigenvalue weighted by Gasteiger charge is 2.44. The number of hydrogen-bond acceptors (Lipinski definition) is 10. The standard InChI is InChI=1S/C79H151NO10/c1-3-5-7-9-11-13-15-17-19-21-23-25-27-29-30-31-32-33-34-35-36-37-38-39-40-41-43-45-47-49-51-53-55-57-59-61-63-65-67-72(83)78(88)80-70(69-89-79-77(87)76(86)75(85)73(68-81)90-79)74(84)71(82)66-64-62-60-58-56-54-52-50-48-46-44-42-28-26-24-22-20-18-16-14-12-10-8-6-4-2/h35-36,50,52,58,60,70-77,79,81-87H,3-34,37-49,51,53-57,59,61-69H2,1-2H3,(H,80,88)/b36-35-,52-50+,60-58+. The molecule has 0 spiro atoms. The first-order chi connectivity index (χ1) is 44.2. The Morgan fingerprint density at radius 3 is 0.989 bits per heavy atom. The number of nitrogens with one attached hydrogen (secondary N) is 1. The van der Waals surface area contributed by atoms with Gasteiger partial charge in [-0.1, -0.05) is 352 Å². The number of aliphatic hydroxyl groups is 7. The van der Waals surface area contributed by atoms with Crippen LogP contribution in [0.2, 0.25) is 0 Å². The minimum Gasteiger partial charge on any atom is -0.394 e. The molecule has 0 saturated carbocycles. The summed E-state index contributed by atoms with van der Waals surface area (Å²) in [5.74, 6) is -0.704. The Bertz CT molecular complexity index is 1560. The Morgan fingerprint density at radius 2 is 0.667 bits per heavy atom. The maximum absolute atomic E-state index is 13.3. The molecule has 1 rings (SSSR count). The van der Waals surface area contributed by atoms with Crippen molar-refractivity contribution in [2.75, 3.05) is 13.2 Å². The quantitative estimate of drug-likeness (QED) is 0.0215. The normalized spacial score (nSPS) is 18.6. The van der Waals surface area contributed by atoms with Gasteiger partial charge in [-0.25, -0.2) is 0 Å². The summed E-state index contributed by atoms with van der Waals surface area (Å²) in [6.07, 6.45) is 77.0. The van der Waals surface area contributed by atoms with Gasteiger partial charge in [-0.05, 0) is 77.0 Å². The lowest BCUT2D eigenvalue weighted by Gasteiger charge is -2.40. The van der Waals surface area contributed by atoms with Crippen molar-refractivity contribution in [3.05, 3.63) is 36.5 Å². The number of unbranched alkanes of at least 4 members (excludes halogenated alkanes) is 52. The minimum atomic E-state index is -1.67. The van der Waals surface area contributed by atoms with Gasteiger partial charge in [0.05, 0.1) is 25.4 Å². The highest BCUT2D eigenvalue weighted by atomic mass is 16.7. The Morgan fingerprint density at radius 1 is 0.378 bits per heavy atom. The summed E-state index contributed by atoms with van der Waals surface area (Å²) in [7, 11) is 0. The maximum atomic E-state index is 13.3. The van der Waals surface area contributed by atoms with E-state index in [2.05, 4.69) is 55.6 Å². The molecule has 11 nitrogen and oxygen atoms in total. The van der Waals surface area contributed by atoms with E-state index in [9.17, 15) is 40.5 Å². The van der Waals surface area contributed by atoms with E-state index in [-0.39, 0.29) is 12.8 Å². The fourth-order valence-electron chi connectivity index (χ4n) is 12.9. The molecular formula is C79H151NO10. The van der Waals surface area contributed by atoms with Crippen molar-refractivity contribution in [2.45, 2.75) is 448 Å². The first-order valence-electron chi connectivity index (χ1n) is 39.4. The Labute approximate surface area is 556 Å².